The van der Waals surface area contributed by atoms with Gasteiger partial charge in [-0.25, -0.2) is 9.50 Å². The second-order valence-corrected chi connectivity index (χ2v) is 11.7. The van der Waals surface area contributed by atoms with Gasteiger partial charge in [0, 0.05) is 57.0 Å². The molecule has 0 radical (unpaired) electrons. The summed E-state index contributed by atoms with van der Waals surface area (Å²) in [6.07, 6.45) is 8.68. The molecular formula is C27H39N7O3. The Morgan fingerprint density at radius 3 is 2.76 bits per heavy atom. The topological polar surface area (TPSA) is 113 Å². The van der Waals surface area contributed by atoms with Crippen LogP contribution in [-0.4, -0.2) is 78.8 Å². The van der Waals surface area contributed by atoms with E-state index in [1.165, 1.54) is 4.52 Å². The molecule has 3 aliphatic rings. The molecule has 10 nitrogen and oxygen atoms in total. The number of hydrogen-bond acceptors (Lipinski definition) is 6. The van der Waals surface area contributed by atoms with Crippen LogP contribution in [0.5, 0.6) is 0 Å². The van der Waals surface area contributed by atoms with Crippen molar-refractivity contribution in [3.63, 3.8) is 0 Å². The van der Waals surface area contributed by atoms with Crippen molar-refractivity contribution < 1.29 is 14.4 Å². The van der Waals surface area contributed by atoms with Crippen LogP contribution in [0.1, 0.15) is 76.3 Å². The summed E-state index contributed by atoms with van der Waals surface area (Å²) in [6, 6.07) is 1.94. The SMILES string of the molecule is CC(C)[C@@H]1CC[C@@H](C)CC(=O)N2C[C@H]3C[C@H](CN(C(=O)c4nc5ncccn5n4)C3)[C@@H]2CCCC(=O)N1. The highest BCUT2D eigenvalue weighted by atomic mass is 16.2. The monoisotopic (exact) mass is 509 g/mol. The predicted octanol–water partition coefficient (Wildman–Crippen LogP) is 2.54. The van der Waals surface area contributed by atoms with Gasteiger partial charge in [-0.05, 0) is 61.8 Å². The van der Waals surface area contributed by atoms with Gasteiger partial charge in [0.05, 0.1) is 0 Å². The molecule has 1 N–H and O–H groups in total. The summed E-state index contributed by atoms with van der Waals surface area (Å²) >= 11 is 0. The molecule has 2 aromatic heterocycles. The number of carbonyl (C=O) groups excluding carboxylic acids is 3. The summed E-state index contributed by atoms with van der Waals surface area (Å²) in [6.45, 7) is 8.27. The van der Waals surface area contributed by atoms with Gasteiger partial charge in [-0.1, -0.05) is 20.8 Å². The van der Waals surface area contributed by atoms with Crippen LogP contribution in [0.2, 0.25) is 0 Å². The number of aromatic nitrogens is 4. The minimum atomic E-state index is -0.183. The Hall–Kier alpha value is -3.04. The number of rotatable bonds is 2. The van der Waals surface area contributed by atoms with Crippen molar-refractivity contribution in [2.45, 2.75) is 77.8 Å². The first kappa shape index (κ1) is 25.6. The smallest absolute Gasteiger partial charge is 0.293 e. The molecule has 0 saturated carbocycles. The van der Waals surface area contributed by atoms with E-state index in [2.05, 4.69) is 46.1 Å². The summed E-state index contributed by atoms with van der Waals surface area (Å²) in [4.78, 5) is 52.1. The van der Waals surface area contributed by atoms with Crippen LogP contribution in [0.15, 0.2) is 18.5 Å². The molecule has 0 aromatic carbocycles. The van der Waals surface area contributed by atoms with E-state index in [0.29, 0.717) is 44.2 Å². The van der Waals surface area contributed by atoms with Gasteiger partial charge in [-0.3, -0.25) is 14.4 Å². The van der Waals surface area contributed by atoms with Crippen molar-refractivity contribution in [3.8, 4) is 0 Å². The fourth-order valence-corrected chi connectivity index (χ4v) is 6.44. The number of fused-ring (bicyclic) bond motifs is 5. The molecular weight excluding hydrogens is 470 g/mol. The van der Waals surface area contributed by atoms with Gasteiger partial charge in [0.2, 0.25) is 17.6 Å². The summed E-state index contributed by atoms with van der Waals surface area (Å²) in [5.41, 5.74) is 0. The largest absolute Gasteiger partial charge is 0.353 e. The Labute approximate surface area is 218 Å². The van der Waals surface area contributed by atoms with E-state index < -0.39 is 0 Å². The quantitative estimate of drug-likeness (QED) is 0.666. The van der Waals surface area contributed by atoms with Crippen molar-refractivity contribution in [1.29, 1.82) is 0 Å². The molecule has 0 unspecified atom stereocenters. The van der Waals surface area contributed by atoms with Crippen LogP contribution in [0.25, 0.3) is 5.78 Å². The van der Waals surface area contributed by atoms with Crippen molar-refractivity contribution in [1.82, 2.24) is 34.7 Å². The van der Waals surface area contributed by atoms with Crippen molar-refractivity contribution in [2.75, 3.05) is 19.6 Å². The molecule has 0 spiro atoms. The fraction of sp³-hybridized carbons (Fsp3) is 0.704. The summed E-state index contributed by atoms with van der Waals surface area (Å²) in [5, 5.41) is 7.57. The molecule has 3 saturated heterocycles. The Bertz CT molecular complexity index is 1110. The minimum Gasteiger partial charge on any atom is -0.353 e. The Morgan fingerprint density at radius 1 is 1.14 bits per heavy atom. The van der Waals surface area contributed by atoms with E-state index in [0.717, 1.165) is 32.1 Å². The van der Waals surface area contributed by atoms with Gasteiger partial charge >= 0.3 is 0 Å². The normalized spacial score (nSPS) is 29.8. The number of carbonyl (C=O) groups is 3. The van der Waals surface area contributed by atoms with Crippen LogP contribution in [0.3, 0.4) is 0 Å². The number of likely N-dealkylation sites (tertiary alicyclic amines) is 1. The molecule has 2 aromatic rings. The summed E-state index contributed by atoms with van der Waals surface area (Å²) in [7, 11) is 0. The van der Waals surface area contributed by atoms with Gasteiger partial charge in [0.25, 0.3) is 11.7 Å². The highest BCUT2D eigenvalue weighted by Gasteiger charge is 2.44. The molecule has 37 heavy (non-hydrogen) atoms. The number of hydrogen-bond donors (Lipinski definition) is 1. The molecule has 200 valence electrons. The van der Waals surface area contributed by atoms with Gasteiger partial charge in [-0.2, -0.15) is 4.98 Å². The Morgan fingerprint density at radius 2 is 1.97 bits per heavy atom. The fourth-order valence-electron chi connectivity index (χ4n) is 6.44. The minimum absolute atomic E-state index is 0.0386. The predicted molar refractivity (Wildman–Crippen MR) is 137 cm³/mol. The van der Waals surface area contributed by atoms with E-state index >= 15 is 0 Å². The zero-order chi connectivity index (χ0) is 26.1. The molecule has 3 aliphatic heterocycles. The highest BCUT2D eigenvalue weighted by Crippen LogP contribution is 2.37. The lowest BCUT2D eigenvalue weighted by Crippen LogP contribution is -2.60. The molecule has 3 fully saturated rings. The van der Waals surface area contributed by atoms with Crippen LogP contribution in [0.4, 0.5) is 0 Å². The van der Waals surface area contributed by atoms with Crippen molar-refractivity contribution in [2.24, 2.45) is 23.7 Å². The number of amides is 3. The van der Waals surface area contributed by atoms with E-state index in [1.54, 1.807) is 18.5 Å². The maximum atomic E-state index is 13.5. The molecule has 2 bridgehead atoms. The van der Waals surface area contributed by atoms with E-state index in [1.807, 2.05) is 4.90 Å². The zero-order valence-corrected chi connectivity index (χ0v) is 22.2. The first-order valence-corrected chi connectivity index (χ1v) is 13.8. The zero-order valence-electron chi connectivity index (χ0n) is 22.2. The number of piperidine rings is 2. The molecule has 5 atom stereocenters. The van der Waals surface area contributed by atoms with E-state index in [9.17, 15) is 14.4 Å². The molecule has 10 heteroatoms. The maximum absolute atomic E-state index is 13.5. The van der Waals surface area contributed by atoms with Gasteiger partial charge in [-0.15, -0.1) is 5.10 Å². The van der Waals surface area contributed by atoms with Crippen molar-refractivity contribution >= 4 is 23.5 Å². The van der Waals surface area contributed by atoms with Crippen LogP contribution < -0.4 is 5.32 Å². The van der Waals surface area contributed by atoms with Crippen LogP contribution >= 0.6 is 0 Å². The lowest BCUT2D eigenvalue weighted by atomic mass is 9.77. The first-order chi connectivity index (χ1) is 17.8. The Kier molecular flexibility index (Phi) is 7.44. The highest BCUT2D eigenvalue weighted by molar-refractivity contribution is 5.91. The number of nitrogens with one attached hydrogen (secondary N) is 1. The second-order valence-electron chi connectivity index (χ2n) is 11.7. The van der Waals surface area contributed by atoms with Crippen LogP contribution in [-0.2, 0) is 9.59 Å². The summed E-state index contributed by atoms with van der Waals surface area (Å²) in [5.74, 6) is 1.75. The van der Waals surface area contributed by atoms with Crippen LogP contribution in [0, 0.1) is 23.7 Å². The molecule has 5 rings (SSSR count). The third-order valence-corrected chi connectivity index (χ3v) is 8.43. The van der Waals surface area contributed by atoms with E-state index in [-0.39, 0.29) is 53.4 Å². The Balaban J connectivity index is 1.33. The maximum Gasteiger partial charge on any atom is 0.293 e. The summed E-state index contributed by atoms with van der Waals surface area (Å²) < 4.78 is 1.52. The average molecular weight is 510 g/mol. The lowest BCUT2D eigenvalue weighted by Gasteiger charge is -2.51. The average Bonchev–Trinajstić information content (AvgIpc) is 3.30. The van der Waals surface area contributed by atoms with Crippen molar-refractivity contribution in [3.05, 3.63) is 24.3 Å². The lowest BCUT2D eigenvalue weighted by molar-refractivity contribution is -0.141. The molecule has 5 heterocycles. The van der Waals surface area contributed by atoms with Gasteiger partial charge in [0.15, 0.2) is 0 Å². The third-order valence-electron chi connectivity index (χ3n) is 8.43. The van der Waals surface area contributed by atoms with E-state index in [4.69, 9.17) is 0 Å². The molecule has 0 aliphatic carbocycles. The first-order valence-electron chi connectivity index (χ1n) is 13.8. The second kappa shape index (κ2) is 10.8. The third kappa shape index (κ3) is 5.62. The molecule has 3 amide bonds. The number of nitrogens with zero attached hydrogens (tertiary/aromatic N) is 6. The standard InChI is InChI=1S/C27H39N7O3/c1-17(2)21-9-8-18(3)12-24(36)33-15-19-13-20(22(33)6-4-7-23(35)29-21)16-32(14-19)26(37)25-30-27-28-10-5-11-34(27)31-25/h5,10-11,17-22H,4,6-9,12-16H2,1-3H3,(H,29,35)/t18-,19+,20-,21+,22+/m1/s1. The van der Waals surface area contributed by atoms with Gasteiger partial charge < -0.3 is 15.1 Å². The van der Waals surface area contributed by atoms with Gasteiger partial charge in [0.1, 0.15) is 0 Å².